The summed E-state index contributed by atoms with van der Waals surface area (Å²) in [5, 5.41) is 13.4. The number of alkyl halides is 1. The average molecular weight is 504 g/mol. The lowest BCUT2D eigenvalue weighted by Crippen LogP contribution is -2.76. The minimum absolute atomic E-state index is 0.147. The third-order valence-electron chi connectivity index (χ3n) is 6.21. The molecule has 0 unspecified atom stereocenters. The van der Waals surface area contributed by atoms with Crippen molar-refractivity contribution in [3.63, 3.8) is 0 Å². The van der Waals surface area contributed by atoms with Gasteiger partial charge in [0, 0.05) is 18.8 Å². The molecule has 3 aliphatic carbocycles. The third-order valence-corrected chi connectivity index (χ3v) is 6.62. The summed E-state index contributed by atoms with van der Waals surface area (Å²) in [7, 11) is 1.54. The summed E-state index contributed by atoms with van der Waals surface area (Å²) in [6.45, 7) is 1.38. The first kappa shape index (κ1) is 23.1. The minimum atomic E-state index is -1.12. The molecule has 6 rings (SSSR count). The predicted molar refractivity (Wildman–Crippen MR) is 120 cm³/mol. The van der Waals surface area contributed by atoms with Gasteiger partial charge in [0.1, 0.15) is 11.9 Å². The van der Waals surface area contributed by atoms with E-state index < -0.39 is 24.0 Å². The van der Waals surface area contributed by atoms with Crippen LogP contribution >= 0.6 is 11.6 Å². The number of aromatic nitrogens is 5. The van der Waals surface area contributed by atoms with Crippen molar-refractivity contribution < 1.29 is 23.1 Å². The first-order chi connectivity index (χ1) is 16.6. The van der Waals surface area contributed by atoms with Gasteiger partial charge in [0.15, 0.2) is 11.5 Å². The highest BCUT2D eigenvalue weighted by atomic mass is 35.5. The number of carbonyl (C=O) groups is 2. The molecule has 182 valence electrons. The normalized spacial score (nSPS) is 23.0. The second kappa shape index (κ2) is 8.22. The number of pyridine rings is 2. The number of hydrogen-bond acceptors (Lipinski definition) is 7. The highest BCUT2D eigenvalue weighted by molar-refractivity contribution is 6.26. The Kier molecular flexibility index (Phi) is 5.42. The summed E-state index contributed by atoms with van der Waals surface area (Å²) >= 11 is 6.25. The van der Waals surface area contributed by atoms with Gasteiger partial charge in [-0.3, -0.25) is 15.1 Å². The molecule has 0 saturated heterocycles. The van der Waals surface area contributed by atoms with E-state index >= 15 is 0 Å². The number of anilines is 1. The van der Waals surface area contributed by atoms with Crippen LogP contribution in [-0.2, 0) is 11.8 Å². The van der Waals surface area contributed by atoms with E-state index in [1.54, 1.807) is 19.2 Å². The van der Waals surface area contributed by atoms with Crippen molar-refractivity contribution in [3.8, 4) is 11.4 Å². The van der Waals surface area contributed by atoms with Gasteiger partial charge in [-0.05, 0) is 44.4 Å². The van der Waals surface area contributed by atoms with Gasteiger partial charge in [-0.15, -0.1) is 16.7 Å². The molecule has 2 bridgehead atoms. The van der Waals surface area contributed by atoms with E-state index in [9.17, 15) is 18.4 Å². The monoisotopic (exact) mass is 503 g/mol. The Bertz CT molecular complexity index is 1310. The van der Waals surface area contributed by atoms with E-state index in [4.69, 9.17) is 16.3 Å². The van der Waals surface area contributed by atoms with Gasteiger partial charge in [0.05, 0.1) is 27.9 Å². The molecule has 2 amide bonds. The summed E-state index contributed by atoms with van der Waals surface area (Å²) in [6, 6.07) is 4.08. The van der Waals surface area contributed by atoms with E-state index in [1.165, 1.54) is 17.8 Å². The average Bonchev–Trinajstić information content (AvgIpc) is 3.13. The molecule has 3 heterocycles. The van der Waals surface area contributed by atoms with Crippen LogP contribution in [0.2, 0.25) is 0 Å². The molecule has 3 aliphatic rings. The number of amides is 2. The van der Waals surface area contributed by atoms with Crippen molar-refractivity contribution in [2.24, 2.45) is 7.05 Å². The van der Waals surface area contributed by atoms with Crippen LogP contribution in [-0.4, -0.2) is 47.4 Å². The van der Waals surface area contributed by atoms with Crippen molar-refractivity contribution >= 4 is 29.4 Å². The minimum Gasteiger partial charge on any atom is -0.441 e. The maximum Gasteiger partial charge on any atom is 0.413 e. The first-order valence-electron chi connectivity index (χ1n) is 10.7. The lowest BCUT2D eigenvalue weighted by atomic mass is 9.49. The van der Waals surface area contributed by atoms with Crippen LogP contribution < -0.4 is 10.6 Å². The molecule has 3 aromatic rings. The fourth-order valence-corrected chi connectivity index (χ4v) is 5.29. The van der Waals surface area contributed by atoms with Crippen LogP contribution in [0.3, 0.4) is 0 Å². The zero-order valence-corrected chi connectivity index (χ0v) is 19.4. The van der Waals surface area contributed by atoms with Crippen LogP contribution in [0.5, 0.6) is 0 Å². The Morgan fingerprint density at radius 1 is 1.20 bits per heavy atom. The summed E-state index contributed by atoms with van der Waals surface area (Å²) in [6.07, 6.45) is 2.38. The summed E-state index contributed by atoms with van der Waals surface area (Å²) in [5.74, 6) is -1.78. The number of halogens is 3. The Labute approximate surface area is 203 Å². The number of hydrogen-bond donors (Lipinski definition) is 2. The molecular formula is C22H20ClF2N7O3. The molecule has 10 nitrogen and oxygen atoms in total. The van der Waals surface area contributed by atoms with Gasteiger partial charge < -0.3 is 10.1 Å². The fraction of sp³-hybridized carbons (Fsp3) is 0.364. The number of nitrogens with one attached hydrogen (secondary N) is 2. The van der Waals surface area contributed by atoms with Crippen molar-refractivity contribution in [2.45, 2.75) is 42.7 Å². The second-order valence-electron chi connectivity index (χ2n) is 8.96. The zero-order valence-electron chi connectivity index (χ0n) is 18.7. The van der Waals surface area contributed by atoms with E-state index in [0.717, 1.165) is 31.5 Å². The van der Waals surface area contributed by atoms with Crippen LogP contribution in [0, 0.1) is 11.8 Å². The van der Waals surface area contributed by atoms with Gasteiger partial charge in [0.25, 0.3) is 5.91 Å². The summed E-state index contributed by atoms with van der Waals surface area (Å²) in [5.41, 5.74) is 0.537. The van der Waals surface area contributed by atoms with Crippen LogP contribution in [0.4, 0.5) is 19.4 Å². The van der Waals surface area contributed by atoms with Gasteiger partial charge in [-0.2, -0.15) is 4.39 Å². The highest BCUT2D eigenvalue weighted by Crippen LogP contribution is 2.64. The quantitative estimate of drug-likeness (QED) is 0.389. The van der Waals surface area contributed by atoms with Gasteiger partial charge in [-0.25, -0.2) is 18.9 Å². The molecule has 0 radical (unpaired) electrons. The maximum atomic E-state index is 13.9. The van der Waals surface area contributed by atoms with Crippen LogP contribution in [0.1, 0.15) is 48.2 Å². The SMILES string of the molecule is C[C@@H](OC(=O)Nc1c(-c2ccc(C(=O)NC34CC(Cl)(C3)C4)cn2)nnn1C)c1cc(F)cnc1F. The van der Waals surface area contributed by atoms with E-state index in [0.29, 0.717) is 11.3 Å². The largest absolute Gasteiger partial charge is 0.441 e. The van der Waals surface area contributed by atoms with Crippen LogP contribution in [0.25, 0.3) is 11.4 Å². The number of rotatable bonds is 6. The highest BCUT2D eigenvalue weighted by Gasteiger charge is 2.67. The number of aryl methyl sites for hydroxylation is 1. The molecule has 3 aromatic heterocycles. The molecular weight excluding hydrogens is 484 g/mol. The Morgan fingerprint density at radius 3 is 2.60 bits per heavy atom. The lowest BCUT2D eigenvalue weighted by molar-refractivity contribution is -0.0194. The van der Waals surface area contributed by atoms with E-state index in [-0.39, 0.29) is 33.4 Å². The van der Waals surface area contributed by atoms with Crippen molar-refractivity contribution in [1.82, 2.24) is 30.3 Å². The summed E-state index contributed by atoms with van der Waals surface area (Å²) in [4.78, 5) is 32.4. The Morgan fingerprint density at radius 2 is 1.94 bits per heavy atom. The predicted octanol–water partition coefficient (Wildman–Crippen LogP) is 3.50. The molecule has 13 heteroatoms. The molecule has 3 fully saturated rings. The number of ether oxygens (including phenoxy) is 1. The van der Waals surface area contributed by atoms with Crippen LogP contribution in [0.15, 0.2) is 30.6 Å². The molecule has 0 aromatic carbocycles. The lowest BCUT2D eigenvalue weighted by Gasteiger charge is -2.67. The standard InChI is InChI=1S/C22H20ClF2N7O3/c1-11(14-5-13(24)7-27-17(14)25)35-20(34)28-18-16(30-31-32(18)2)15-4-3-12(6-26-15)19(33)29-22-8-21(23,9-22)10-22/h3-7,11H,8-10H2,1-2H3,(H,28,34)(H,29,33)/t11-,21?,22?/m1/s1. The molecule has 0 aliphatic heterocycles. The molecule has 2 N–H and O–H groups in total. The smallest absolute Gasteiger partial charge is 0.413 e. The van der Waals surface area contributed by atoms with Crippen molar-refractivity contribution in [1.29, 1.82) is 0 Å². The summed E-state index contributed by atoms with van der Waals surface area (Å²) < 4.78 is 33.7. The zero-order chi connectivity index (χ0) is 25.0. The van der Waals surface area contributed by atoms with E-state index in [2.05, 4.69) is 30.9 Å². The second-order valence-corrected chi connectivity index (χ2v) is 9.77. The maximum absolute atomic E-state index is 13.9. The van der Waals surface area contributed by atoms with Crippen molar-refractivity contribution in [2.75, 3.05) is 5.32 Å². The number of nitrogens with zero attached hydrogens (tertiary/aromatic N) is 5. The first-order valence-corrected chi connectivity index (χ1v) is 11.1. The number of carbonyl (C=O) groups excluding carboxylic acids is 2. The fourth-order valence-electron chi connectivity index (χ4n) is 4.52. The van der Waals surface area contributed by atoms with E-state index in [1.807, 2.05) is 0 Å². The van der Waals surface area contributed by atoms with Gasteiger partial charge in [-0.1, -0.05) is 5.21 Å². The Balaban J connectivity index is 1.26. The molecule has 0 spiro atoms. The van der Waals surface area contributed by atoms with Crippen molar-refractivity contribution in [3.05, 3.63) is 53.5 Å². The van der Waals surface area contributed by atoms with Gasteiger partial charge >= 0.3 is 6.09 Å². The van der Waals surface area contributed by atoms with Gasteiger partial charge in [0.2, 0.25) is 5.95 Å². The molecule has 1 atom stereocenters. The third kappa shape index (κ3) is 4.29. The Hall–Kier alpha value is -3.67. The molecule has 35 heavy (non-hydrogen) atoms. The molecule has 3 saturated carbocycles. The topological polar surface area (TPSA) is 124 Å².